The molecule has 0 unspecified atom stereocenters. The van der Waals surface area contributed by atoms with Crippen molar-refractivity contribution in [1.82, 2.24) is 10.1 Å². The Morgan fingerprint density at radius 3 is 2.55 bits per heavy atom. The van der Waals surface area contributed by atoms with E-state index >= 15 is 0 Å². The Morgan fingerprint density at radius 2 is 1.85 bits per heavy atom. The Morgan fingerprint density at radius 1 is 1.10 bits per heavy atom. The number of nitrogens with two attached hydrogens (primary N) is 1. The van der Waals surface area contributed by atoms with Crippen LogP contribution < -0.4 is 5.73 Å². The lowest BCUT2D eigenvalue weighted by Gasteiger charge is -2.03. The van der Waals surface area contributed by atoms with E-state index in [0.717, 1.165) is 16.7 Å². The predicted octanol–water partition coefficient (Wildman–Crippen LogP) is 3.00. The van der Waals surface area contributed by atoms with Gasteiger partial charge in [-0.2, -0.15) is 4.98 Å². The number of nitrogen functional groups attached to an aromatic ring is 1. The van der Waals surface area contributed by atoms with E-state index < -0.39 is 0 Å². The van der Waals surface area contributed by atoms with Crippen molar-refractivity contribution in [1.29, 1.82) is 0 Å². The third-order valence-electron chi connectivity index (χ3n) is 3.07. The molecule has 100 valence electrons. The summed E-state index contributed by atoms with van der Waals surface area (Å²) in [5.74, 6) is 1.05. The molecule has 5 nitrogen and oxygen atoms in total. The van der Waals surface area contributed by atoms with Gasteiger partial charge >= 0.3 is 0 Å². The van der Waals surface area contributed by atoms with Gasteiger partial charge in [0.2, 0.25) is 5.82 Å². The number of benzene rings is 2. The second-order valence-electron chi connectivity index (χ2n) is 4.51. The number of hydrogen-bond donors (Lipinski definition) is 2. The van der Waals surface area contributed by atoms with Crippen LogP contribution in [0.2, 0.25) is 0 Å². The molecule has 3 aromatic rings. The van der Waals surface area contributed by atoms with Crippen molar-refractivity contribution in [3.8, 4) is 28.6 Å². The van der Waals surface area contributed by atoms with E-state index in [1.54, 1.807) is 30.3 Å². The predicted molar refractivity (Wildman–Crippen MR) is 76.0 cm³/mol. The second-order valence-corrected chi connectivity index (χ2v) is 4.51. The van der Waals surface area contributed by atoms with Crippen molar-refractivity contribution < 1.29 is 9.63 Å². The molecule has 0 amide bonds. The molecule has 0 bridgehead atoms. The summed E-state index contributed by atoms with van der Waals surface area (Å²) >= 11 is 0. The lowest BCUT2D eigenvalue weighted by molar-refractivity contribution is 0.432. The number of aromatic hydroxyl groups is 1. The molecule has 0 spiro atoms. The summed E-state index contributed by atoms with van der Waals surface area (Å²) in [6.07, 6.45) is 0. The quantitative estimate of drug-likeness (QED) is 0.697. The SMILES string of the molecule is Cc1cccc(N)c1-c1nc(-c2ccc(O)cc2)no1. The molecule has 0 radical (unpaired) electrons. The van der Waals surface area contributed by atoms with Crippen LogP contribution in [0, 0.1) is 6.92 Å². The fraction of sp³-hybridized carbons (Fsp3) is 0.0667. The Hall–Kier alpha value is -2.82. The maximum absolute atomic E-state index is 9.28. The number of nitrogens with zero attached hydrogens (tertiary/aromatic N) is 2. The van der Waals surface area contributed by atoms with E-state index in [9.17, 15) is 5.11 Å². The Kier molecular flexibility index (Phi) is 2.87. The van der Waals surface area contributed by atoms with Crippen LogP contribution in [-0.4, -0.2) is 15.2 Å². The fourth-order valence-electron chi connectivity index (χ4n) is 2.04. The van der Waals surface area contributed by atoms with Gasteiger partial charge in [-0.1, -0.05) is 17.3 Å². The molecule has 3 N–H and O–H groups in total. The van der Waals surface area contributed by atoms with Gasteiger partial charge in [0, 0.05) is 11.3 Å². The van der Waals surface area contributed by atoms with E-state index in [4.69, 9.17) is 10.3 Å². The zero-order valence-corrected chi connectivity index (χ0v) is 10.9. The van der Waals surface area contributed by atoms with E-state index in [1.165, 1.54) is 0 Å². The molecule has 1 heterocycles. The largest absolute Gasteiger partial charge is 0.508 e. The van der Waals surface area contributed by atoms with E-state index in [2.05, 4.69) is 10.1 Å². The van der Waals surface area contributed by atoms with Gasteiger partial charge in [0.1, 0.15) is 5.75 Å². The van der Waals surface area contributed by atoms with Crippen LogP contribution in [0.1, 0.15) is 5.56 Å². The Labute approximate surface area is 115 Å². The molecular formula is C15H13N3O2. The van der Waals surface area contributed by atoms with Crippen molar-refractivity contribution in [2.75, 3.05) is 5.73 Å². The first-order chi connectivity index (χ1) is 9.65. The number of aromatic nitrogens is 2. The van der Waals surface area contributed by atoms with Gasteiger partial charge in [0.25, 0.3) is 5.89 Å². The molecule has 0 saturated heterocycles. The number of rotatable bonds is 2. The van der Waals surface area contributed by atoms with Gasteiger partial charge < -0.3 is 15.4 Å². The van der Waals surface area contributed by atoms with Crippen LogP contribution in [0.25, 0.3) is 22.8 Å². The average molecular weight is 267 g/mol. The van der Waals surface area contributed by atoms with Crippen molar-refractivity contribution in [2.24, 2.45) is 0 Å². The second kappa shape index (κ2) is 4.70. The lowest BCUT2D eigenvalue weighted by Crippen LogP contribution is -1.92. The molecule has 2 aromatic carbocycles. The van der Waals surface area contributed by atoms with Crippen molar-refractivity contribution >= 4 is 5.69 Å². The minimum atomic E-state index is 0.195. The van der Waals surface area contributed by atoms with Crippen LogP contribution in [-0.2, 0) is 0 Å². The van der Waals surface area contributed by atoms with Crippen molar-refractivity contribution in [3.63, 3.8) is 0 Å². The van der Waals surface area contributed by atoms with E-state index in [0.29, 0.717) is 17.4 Å². The summed E-state index contributed by atoms with van der Waals surface area (Å²) in [4.78, 5) is 4.36. The van der Waals surface area contributed by atoms with Gasteiger partial charge in [-0.3, -0.25) is 0 Å². The summed E-state index contributed by atoms with van der Waals surface area (Å²) in [5.41, 5.74) is 9.06. The van der Waals surface area contributed by atoms with Gasteiger partial charge in [0.05, 0.1) is 5.56 Å². The highest BCUT2D eigenvalue weighted by atomic mass is 16.5. The minimum Gasteiger partial charge on any atom is -0.508 e. The Balaban J connectivity index is 2.04. The van der Waals surface area contributed by atoms with Gasteiger partial charge in [-0.25, -0.2) is 0 Å². The topological polar surface area (TPSA) is 85.2 Å². The Bertz CT molecular complexity index is 728. The molecule has 5 heteroatoms. The number of aryl methyl sites for hydroxylation is 1. The van der Waals surface area contributed by atoms with Crippen LogP contribution >= 0.6 is 0 Å². The van der Waals surface area contributed by atoms with Crippen LogP contribution in [0.3, 0.4) is 0 Å². The summed E-state index contributed by atoms with van der Waals surface area (Å²) in [5, 5.41) is 13.2. The zero-order valence-electron chi connectivity index (χ0n) is 10.9. The first kappa shape index (κ1) is 12.2. The molecule has 3 rings (SSSR count). The number of hydrogen-bond acceptors (Lipinski definition) is 5. The smallest absolute Gasteiger partial charge is 0.260 e. The fourth-order valence-corrected chi connectivity index (χ4v) is 2.04. The molecule has 0 aliphatic rings. The van der Waals surface area contributed by atoms with Crippen molar-refractivity contribution in [2.45, 2.75) is 6.92 Å². The first-order valence-corrected chi connectivity index (χ1v) is 6.14. The molecule has 0 saturated carbocycles. The zero-order chi connectivity index (χ0) is 14.1. The molecule has 0 fully saturated rings. The van der Waals surface area contributed by atoms with Crippen molar-refractivity contribution in [3.05, 3.63) is 48.0 Å². The first-order valence-electron chi connectivity index (χ1n) is 6.14. The van der Waals surface area contributed by atoms with E-state index in [-0.39, 0.29) is 5.75 Å². The number of anilines is 1. The third-order valence-corrected chi connectivity index (χ3v) is 3.07. The minimum absolute atomic E-state index is 0.195. The highest BCUT2D eigenvalue weighted by molar-refractivity contribution is 5.74. The summed E-state index contributed by atoms with van der Waals surface area (Å²) in [7, 11) is 0. The third kappa shape index (κ3) is 2.09. The molecule has 20 heavy (non-hydrogen) atoms. The summed E-state index contributed by atoms with van der Waals surface area (Å²) in [6, 6.07) is 12.2. The maximum Gasteiger partial charge on any atom is 0.260 e. The maximum atomic E-state index is 9.28. The van der Waals surface area contributed by atoms with E-state index in [1.807, 2.05) is 19.1 Å². The highest BCUT2D eigenvalue weighted by Crippen LogP contribution is 2.29. The molecule has 0 aliphatic heterocycles. The van der Waals surface area contributed by atoms with Gasteiger partial charge in [-0.05, 0) is 42.8 Å². The van der Waals surface area contributed by atoms with Crippen LogP contribution in [0.5, 0.6) is 5.75 Å². The van der Waals surface area contributed by atoms with Crippen LogP contribution in [0.15, 0.2) is 47.0 Å². The molecular weight excluding hydrogens is 254 g/mol. The standard InChI is InChI=1S/C15H13N3O2/c1-9-3-2-4-12(16)13(9)15-17-14(18-20-15)10-5-7-11(19)8-6-10/h2-8,19H,16H2,1H3. The normalized spacial score (nSPS) is 10.7. The lowest BCUT2D eigenvalue weighted by atomic mass is 10.1. The van der Waals surface area contributed by atoms with Gasteiger partial charge in [0.15, 0.2) is 0 Å². The highest BCUT2D eigenvalue weighted by Gasteiger charge is 2.14. The molecule has 0 atom stereocenters. The van der Waals surface area contributed by atoms with Crippen LogP contribution in [0.4, 0.5) is 5.69 Å². The summed E-state index contributed by atoms with van der Waals surface area (Å²) < 4.78 is 5.29. The van der Waals surface area contributed by atoms with Gasteiger partial charge in [-0.15, -0.1) is 0 Å². The monoisotopic (exact) mass is 267 g/mol. The average Bonchev–Trinajstić information content (AvgIpc) is 2.89. The number of phenols is 1. The molecule has 0 aliphatic carbocycles. The molecule has 1 aromatic heterocycles. The summed E-state index contributed by atoms with van der Waals surface area (Å²) in [6.45, 7) is 1.94. The number of phenolic OH excluding ortho intramolecular Hbond substituents is 1.